The zero-order valence-electron chi connectivity index (χ0n) is 12.4. The van der Waals surface area contributed by atoms with Gasteiger partial charge in [-0.3, -0.25) is 4.79 Å². The lowest BCUT2D eigenvalue weighted by molar-refractivity contribution is -0.145. The number of rotatable bonds is 6. The summed E-state index contributed by atoms with van der Waals surface area (Å²) in [5, 5.41) is 2.57. The zero-order chi connectivity index (χ0) is 15.8. The molecule has 0 aliphatic heterocycles. The van der Waals surface area contributed by atoms with Gasteiger partial charge in [0.05, 0.1) is 7.11 Å². The first-order valence-corrected chi connectivity index (χ1v) is 6.75. The van der Waals surface area contributed by atoms with Crippen molar-refractivity contribution < 1.29 is 18.7 Å². The average Bonchev–Trinajstić information content (AvgIpc) is 2.44. The number of hydrogen-bond acceptors (Lipinski definition) is 3. The monoisotopic (exact) mass is 293 g/mol. The topological polar surface area (TPSA) is 55.4 Å². The third-order valence-corrected chi connectivity index (χ3v) is 2.83. The van der Waals surface area contributed by atoms with Crippen LogP contribution >= 0.6 is 0 Å². The van der Waals surface area contributed by atoms with Crippen LogP contribution in [0, 0.1) is 11.7 Å². The third-order valence-electron chi connectivity index (χ3n) is 2.83. The van der Waals surface area contributed by atoms with Crippen molar-refractivity contribution in [2.45, 2.75) is 26.3 Å². The van der Waals surface area contributed by atoms with Crippen LogP contribution in [0.2, 0.25) is 0 Å². The van der Waals surface area contributed by atoms with Gasteiger partial charge >= 0.3 is 5.97 Å². The van der Waals surface area contributed by atoms with E-state index in [1.807, 2.05) is 13.8 Å². The van der Waals surface area contributed by atoms with Gasteiger partial charge in [-0.2, -0.15) is 0 Å². The number of amides is 1. The number of hydrogen-bond donors (Lipinski definition) is 1. The summed E-state index contributed by atoms with van der Waals surface area (Å²) in [6, 6.07) is 5.42. The molecule has 0 aliphatic rings. The minimum absolute atomic E-state index is 0.227. The molecule has 5 heteroatoms. The number of halogens is 1. The largest absolute Gasteiger partial charge is 0.467 e. The Bertz CT molecular complexity index is 526. The van der Waals surface area contributed by atoms with E-state index in [4.69, 9.17) is 0 Å². The Kier molecular flexibility index (Phi) is 6.59. The molecule has 0 radical (unpaired) electrons. The minimum Gasteiger partial charge on any atom is -0.467 e. The highest BCUT2D eigenvalue weighted by molar-refractivity contribution is 5.94. The molecule has 4 nitrogen and oxygen atoms in total. The van der Waals surface area contributed by atoms with E-state index in [9.17, 15) is 14.0 Å². The first-order valence-electron chi connectivity index (χ1n) is 6.75. The molecule has 114 valence electrons. The van der Waals surface area contributed by atoms with Crippen LogP contribution in [-0.4, -0.2) is 25.0 Å². The molecule has 1 N–H and O–H groups in total. The fraction of sp³-hybridized carbons (Fsp3) is 0.375. The first kappa shape index (κ1) is 16.9. The van der Waals surface area contributed by atoms with Crippen molar-refractivity contribution in [3.8, 4) is 0 Å². The standard InChI is InChI=1S/C16H20FNO3/c1-11(2)10-14(16(20)21-3)18-15(19)9-8-12-6-4-5-7-13(12)17/h4-9,11,14H,10H2,1-3H3,(H,18,19)/b9-8+/t14-/m0/s1. The second kappa shape index (κ2) is 8.19. The van der Waals surface area contributed by atoms with E-state index in [2.05, 4.69) is 10.1 Å². The highest BCUT2D eigenvalue weighted by Crippen LogP contribution is 2.09. The van der Waals surface area contributed by atoms with Crippen LogP contribution in [0.15, 0.2) is 30.3 Å². The Morgan fingerprint density at radius 2 is 2.00 bits per heavy atom. The summed E-state index contributed by atoms with van der Waals surface area (Å²) in [5.41, 5.74) is 0.311. The van der Waals surface area contributed by atoms with Crippen LogP contribution in [0.25, 0.3) is 6.08 Å². The lowest BCUT2D eigenvalue weighted by Crippen LogP contribution is -2.41. The molecule has 1 amide bonds. The normalized spacial score (nSPS) is 12.4. The second-order valence-electron chi connectivity index (χ2n) is 5.07. The first-order chi connectivity index (χ1) is 9.93. The van der Waals surface area contributed by atoms with Crippen molar-refractivity contribution in [1.29, 1.82) is 0 Å². The highest BCUT2D eigenvalue weighted by atomic mass is 19.1. The van der Waals surface area contributed by atoms with Gasteiger partial charge in [-0.15, -0.1) is 0 Å². The van der Waals surface area contributed by atoms with Gasteiger partial charge in [-0.1, -0.05) is 32.0 Å². The van der Waals surface area contributed by atoms with E-state index in [1.54, 1.807) is 18.2 Å². The molecule has 0 spiro atoms. The van der Waals surface area contributed by atoms with Crippen LogP contribution in [0.3, 0.4) is 0 Å². The number of ether oxygens (including phenoxy) is 1. The van der Waals surface area contributed by atoms with Crippen molar-refractivity contribution in [2.75, 3.05) is 7.11 Å². The van der Waals surface area contributed by atoms with E-state index in [1.165, 1.54) is 25.3 Å². The maximum absolute atomic E-state index is 13.4. The van der Waals surface area contributed by atoms with Crippen molar-refractivity contribution in [3.05, 3.63) is 41.7 Å². The molecule has 0 saturated carbocycles. The Hall–Kier alpha value is -2.17. The quantitative estimate of drug-likeness (QED) is 0.648. The van der Waals surface area contributed by atoms with Crippen LogP contribution in [-0.2, 0) is 14.3 Å². The molecule has 0 aliphatic carbocycles. The molecule has 0 fully saturated rings. The van der Waals surface area contributed by atoms with E-state index < -0.39 is 23.7 Å². The molecule has 1 aromatic rings. The maximum Gasteiger partial charge on any atom is 0.328 e. The third kappa shape index (κ3) is 5.77. The van der Waals surface area contributed by atoms with E-state index >= 15 is 0 Å². The lowest BCUT2D eigenvalue weighted by Gasteiger charge is -2.17. The van der Waals surface area contributed by atoms with Crippen LogP contribution in [0.1, 0.15) is 25.8 Å². The van der Waals surface area contributed by atoms with Gasteiger partial charge in [-0.05, 0) is 24.5 Å². The van der Waals surface area contributed by atoms with E-state index in [0.717, 1.165) is 0 Å². The molecule has 0 heterocycles. The Morgan fingerprint density at radius 3 is 2.57 bits per heavy atom. The van der Waals surface area contributed by atoms with Gasteiger partial charge in [0.1, 0.15) is 11.9 Å². The molecule has 1 rings (SSSR count). The predicted octanol–water partition coefficient (Wildman–Crippen LogP) is 2.54. The van der Waals surface area contributed by atoms with Crippen molar-refractivity contribution in [2.24, 2.45) is 5.92 Å². The lowest BCUT2D eigenvalue weighted by atomic mass is 10.0. The summed E-state index contributed by atoms with van der Waals surface area (Å²) in [4.78, 5) is 23.4. The number of nitrogens with one attached hydrogen (secondary N) is 1. The fourth-order valence-electron chi connectivity index (χ4n) is 1.82. The van der Waals surface area contributed by atoms with Crippen LogP contribution in [0.4, 0.5) is 4.39 Å². The molecule has 0 saturated heterocycles. The van der Waals surface area contributed by atoms with Gasteiger partial charge in [0.25, 0.3) is 0 Å². The Morgan fingerprint density at radius 1 is 1.33 bits per heavy atom. The van der Waals surface area contributed by atoms with Crippen molar-refractivity contribution in [3.63, 3.8) is 0 Å². The van der Waals surface area contributed by atoms with E-state index in [-0.39, 0.29) is 5.92 Å². The highest BCUT2D eigenvalue weighted by Gasteiger charge is 2.21. The van der Waals surface area contributed by atoms with Gasteiger partial charge in [-0.25, -0.2) is 9.18 Å². The molecule has 1 aromatic carbocycles. The SMILES string of the molecule is COC(=O)[C@H](CC(C)C)NC(=O)/C=C/c1ccccc1F. The maximum atomic E-state index is 13.4. The minimum atomic E-state index is -0.701. The van der Waals surface area contributed by atoms with Gasteiger partial charge in [0.15, 0.2) is 0 Å². The molecule has 0 unspecified atom stereocenters. The zero-order valence-corrected chi connectivity index (χ0v) is 12.4. The van der Waals surface area contributed by atoms with E-state index in [0.29, 0.717) is 12.0 Å². The fourth-order valence-corrected chi connectivity index (χ4v) is 1.82. The summed E-state index contributed by atoms with van der Waals surface area (Å²) in [6.07, 6.45) is 3.05. The number of benzene rings is 1. The summed E-state index contributed by atoms with van der Waals surface area (Å²) in [6.45, 7) is 3.88. The number of esters is 1. The van der Waals surface area contributed by atoms with Crippen molar-refractivity contribution >= 4 is 18.0 Å². The second-order valence-corrected chi connectivity index (χ2v) is 5.07. The summed E-state index contributed by atoms with van der Waals surface area (Å²) in [5.74, 6) is -1.14. The molecule has 21 heavy (non-hydrogen) atoms. The predicted molar refractivity (Wildman–Crippen MR) is 78.8 cm³/mol. The van der Waals surface area contributed by atoms with Gasteiger partial charge in [0, 0.05) is 11.6 Å². The molecule has 1 atom stereocenters. The summed E-state index contributed by atoms with van der Waals surface area (Å²) < 4.78 is 18.1. The van der Waals surface area contributed by atoms with Crippen molar-refractivity contribution in [1.82, 2.24) is 5.32 Å². The molecule has 0 bridgehead atoms. The van der Waals surface area contributed by atoms with Gasteiger partial charge in [0.2, 0.25) is 5.91 Å². The summed E-state index contributed by atoms with van der Waals surface area (Å²) in [7, 11) is 1.27. The Labute approximate surface area is 124 Å². The number of carbonyl (C=O) groups excluding carboxylic acids is 2. The average molecular weight is 293 g/mol. The van der Waals surface area contributed by atoms with Crippen LogP contribution in [0.5, 0.6) is 0 Å². The molecular weight excluding hydrogens is 273 g/mol. The van der Waals surface area contributed by atoms with Gasteiger partial charge < -0.3 is 10.1 Å². The number of methoxy groups -OCH3 is 1. The smallest absolute Gasteiger partial charge is 0.328 e. The van der Waals surface area contributed by atoms with Crippen LogP contribution < -0.4 is 5.32 Å². The summed E-state index contributed by atoms with van der Waals surface area (Å²) >= 11 is 0. The Balaban J connectivity index is 2.70. The molecule has 0 aromatic heterocycles. The number of carbonyl (C=O) groups is 2. The molecular formula is C16H20FNO3.